The van der Waals surface area contributed by atoms with Crippen molar-refractivity contribution < 1.29 is 19.1 Å². The zero-order valence-electron chi connectivity index (χ0n) is 16.1. The van der Waals surface area contributed by atoms with Crippen LogP contribution in [-0.2, 0) is 11.3 Å². The van der Waals surface area contributed by atoms with Crippen molar-refractivity contribution in [1.29, 1.82) is 0 Å². The summed E-state index contributed by atoms with van der Waals surface area (Å²) in [5.74, 6) is -0.647. The second-order valence-corrected chi connectivity index (χ2v) is 7.71. The Kier molecular flexibility index (Phi) is 5.52. The largest absolute Gasteiger partial charge is 0.480 e. The molecule has 2 heterocycles. The molecule has 30 heavy (non-hydrogen) atoms. The van der Waals surface area contributed by atoms with E-state index in [0.717, 1.165) is 10.2 Å². The predicted molar refractivity (Wildman–Crippen MR) is 115 cm³/mol. The summed E-state index contributed by atoms with van der Waals surface area (Å²) in [6.45, 7) is 0.199. The van der Waals surface area contributed by atoms with Crippen LogP contribution in [0.3, 0.4) is 0 Å². The average Bonchev–Trinajstić information content (AvgIpc) is 3.23. The molecule has 0 saturated carbocycles. The molecule has 4 rings (SSSR count). The van der Waals surface area contributed by atoms with Crippen LogP contribution < -0.4 is 10.1 Å². The molecule has 0 spiro atoms. The first kappa shape index (κ1) is 20.1. The van der Waals surface area contributed by atoms with E-state index in [4.69, 9.17) is 21.1 Å². The molecule has 0 unspecified atom stereocenters. The third kappa shape index (κ3) is 3.79. The van der Waals surface area contributed by atoms with Crippen LogP contribution in [0.5, 0.6) is 5.88 Å². The Labute approximate surface area is 180 Å². The molecule has 1 amide bonds. The van der Waals surface area contributed by atoms with E-state index in [-0.39, 0.29) is 23.9 Å². The Bertz CT molecular complexity index is 1290. The fourth-order valence-corrected chi connectivity index (χ4v) is 4.09. The molecule has 0 atom stereocenters. The van der Waals surface area contributed by atoms with E-state index in [9.17, 15) is 9.59 Å². The Balaban J connectivity index is 1.66. The van der Waals surface area contributed by atoms with Gasteiger partial charge in [-0.3, -0.25) is 4.79 Å². The highest BCUT2D eigenvalue weighted by Gasteiger charge is 2.18. The van der Waals surface area contributed by atoms with E-state index in [1.54, 1.807) is 29.8 Å². The quantitative estimate of drug-likeness (QED) is 0.466. The fourth-order valence-electron chi connectivity index (χ4n) is 3.12. The maximum atomic E-state index is 12.6. The Hall–Kier alpha value is -3.23. The van der Waals surface area contributed by atoms with Crippen molar-refractivity contribution >= 4 is 55.9 Å². The summed E-state index contributed by atoms with van der Waals surface area (Å²) in [5, 5.41) is 3.99. The lowest BCUT2D eigenvalue weighted by Crippen LogP contribution is -2.23. The smallest absolute Gasteiger partial charge is 0.343 e. The van der Waals surface area contributed by atoms with Gasteiger partial charge >= 0.3 is 5.97 Å². The second-order valence-electron chi connectivity index (χ2n) is 6.39. The van der Waals surface area contributed by atoms with Crippen LogP contribution in [-0.4, -0.2) is 36.1 Å². The van der Waals surface area contributed by atoms with Gasteiger partial charge in [0.05, 0.1) is 35.5 Å². The lowest BCUT2D eigenvalue weighted by atomic mass is 10.1. The van der Waals surface area contributed by atoms with E-state index >= 15 is 0 Å². The maximum Gasteiger partial charge on any atom is 0.343 e. The lowest BCUT2D eigenvalue weighted by molar-refractivity contribution is 0.0596. The molecule has 0 aliphatic heterocycles. The van der Waals surface area contributed by atoms with Crippen LogP contribution in [0.2, 0.25) is 5.02 Å². The van der Waals surface area contributed by atoms with Crippen LogP contribution in [0.15, 0.2) is 41.9 Å². The van der Waals surface area contributed by atoms with Crippen LogP contribution in [0, 0.1) is 0 Å². The van der Waals surface area contributed by atoms with Gasteiger partial charge in [-0.2, -0.15) is 0 Å². The van der Waals surface area contributed by atoms with Crippen molar-refractivity contribution in [3.05, 3.63) is 63.6 Å². The van der Waals surface area contributed by atoms with Gasteiger partial charge in [-0.15, -0.1) is 11.3 Å². The molecular weight excluding hydrogens is 426 g/mol. The predicted octanol–water partition coefficient (Wildman–Crippen LogP) is 4.22. The van der Waals surface area contributed by atoms with Crippen molar-refractivity contribution in [3.8, 4) is 5.88 Å². The average molecular weight is 442 g/mol. The number of halogens is 1. The number of rotatable bonds is 5. The molecule has 0 saturated heterocycles. The Morgan fingerprint density at radius 1 is 1.17 bits per heavy atom. The minimum Gasteiger partial charge on any atom is -0.480 e. The third-order valence-electron chi connectivity index (χ3n) is 4.56. The van der Waals surface area contributed by atoms with E-state index in [1.807, 2.05) is 12.1 Å². The van der Waals surface area contributed by atoms with Gasteiger partial charge in [0.2, 0.25) is 5.88 Å². The number of carbonyl (C=O) groups is 2. The number of pyridine rings is 1. The normalized spacial score (nSPS) is 10.9. The Morgan fingerprint density at radius 2 is 2.00 bits per heavy atom. The first-order chi connectivity index (χ1) is 14.5. The molecule has 0 aliphatic carbocycles. The summed E-state index contributed by atoms with van der Waals surface area (Å²) in [4.78, 5) is 33.3. The topological polar surface area (TPSA) is 90.4 Å². The molecule has 4 aromatic rings. The van der Waals surface area contributed by atoms with Gasteiger partial charge in [0.15, 0.2) is 0 Å². The number of esters is 1. The molecular formula is C21H16ClN3O4S. The summed E-state index contributed by atoms with van der Waals surface area (Å²) < 4.78 is 11.0. The van der Waals surface area contributed by atoms with Crippen LogP contribution in [0.1, 0.15) is 26.3 Å². The number of aromatic nitrogens is 2. The van der Waals surface area contributed by atoms with Crippen molar-refractivity contribution in [2.75, 3.05) is 14.2 Å². The number of hydrogen-bond donors (Lipinski definition) is 1. The first-order valence-corrected chi connectivity index (χ1v) is 10.1. The number of benzene rings is 2. The molecule has 9 heteroatoms. The molecule has 0 bridgehead atoms. The standard InChI is InChI=1S/C21H16ClN3O4S/c1-28-20-15(21(27)29-2)7-12-5-14(22)6-13(18(12)25-20)9-23-19(26)11-3-4-16-17(8-11)30-10-24-16/h3-8,10H,9H2,1-2H3,(H,23,26). The van der Waals surface area contributed by atoms with Gasteiger partial charge in [0.25, 0.3) is 5.91 Å². The number of ether oxygens (including phenoxy) is 2. The Morgan fingerprint density at radius 3 is 2.77 bits per heavy atom. The van der Waals surface area contributed by atoms with Crippen molar-refractivity contribution in [1.82, 2.24) is 15.3 Å². The number of nitrogens with one attached hydrogen (secondary N) is 1. The highest BCUT2D eigenvalue weighted by Crippen LogP contribution is 2.28. The van der Waals surface area contributed by atoms with E-state index < -0.39 is 5.97 Å². The number of thiazole rings is 1. The fraction of sp³-hybridized carbons (Fsp3) is 0.143. The number of nitrogens with zero attached hydrogens (tertiary/aromatic N) is 2. The maximum absolute atomic E-state index is 12.6. The van der Waals surface area contributed by atoms with E-state index in [0.29, 0.717) is 27.1 Å². The highest BCUT2D eigenvalue weighted by atomic mass is 35.5. The van der Waals surface area contributed by atoms with Crippen LogP contribution in [0.25, 0.3) is 21.1 Å². The molecule has 0 radical (unpaired) electrons. The zero-order chi connectivity index (χ0) is 21.3. The second kappa shape index (κ2) is 8.25. The van der Waals surface area contributed by atoms with Gasteiger partial charge in [0.1, 0.15) is 5.56 Å². The molecule has 152 valence electrons. The molecule has 7 nitrogen and oxygen atoms in total. The first-order valence-electron chi connectivity index (χ1n) is 8.87. The van der Waals surface area contributed by atoms with E-state index in [2.05, 4.69) is 15.3 Å². The minimum absolute atomic E-state index is 0.139. The number of fused-ring (bicyclic) bond motifs is 2. The number of carbonyl (C=O) groups excluding carboxylic acids is 2. The van der Waals surface area contributed by atoms with Gasteiger partial charge in [-0.25, -0.2) is 14.8 Å². The summed E-state index contributed by atoms with van der Waals surface area (Å²) in [5.41, 5.74) is 4.60. The van der Waals surface area contributed by atoms with E-state index in [1.165, 1.54) is 25.6 Å². The summed E-state index contributed by atoms with van der Waals surface area (Å²) in [6.07, 6.45) is 0. The number of methoxy groups -OCH3 is 2. The molecule has 2 aromatic carbocycles. The van der Waals surface area contributed by atoms with Crippen LogP contribution >= 0.6 is 22.9 Å². The molecule has 1 N–H and O–H groups in total. The SMILES string of the molecule is COC(=O)c1cc2cc(Cl)cc(CNC(=O)c3ccc4ncsc4c3)c2nc1OC. The van der Waals surface area contributed by atoms with Gasteiger partial charge in [-0.1, -0.05) is 11.6 Å². The molecule has 0 aliphatic rings. The molecule has 0 fully saturated rings. The molecule has 2 aromatic heterocycles. The zero-order valence-corrected chi connectivity index (χ0v) is 17.6. The minimum atomic E-state index is -0.561. The van der Waals surface area contributed by atoms with Crippen molar-refractivity contribution in [3.63, 3.8) is 0 Å². The number of amides is 1. The number of hydrogen-bond acceptors (Lipinski definition) is 7. The van der Waals surface area contributed by atoms with Crippen molar-refractivity contribution in [2.45, 2.75) is 6.54 Å². The van der Waals surface area contributed by atoms with Gasteiger partial charge in [-0.05, 0) is 42.0 Å². The summed E-state index contributed by atoms with van der Waals surface area (Å²) in [6, 6.07) is 10.4. The van der Waals surface area contributed by atoms with Crippen LogP contribution in [0.4, 0.5) is 0 Å². The monoisotopic (exact) mass is 441 g/mol. The van der Waals surface area contributed by atoms with Gasteiger partial charge in [0, 0.05) is 22.5 Å². The summed E-state index contributed by atoms with van der Waals surface area (Å²) >= 11 is 7.73. The lowest BCUT2D eigenvalue weighted by Gasteiger charge is -2.12. The van der Waals surface area contributed by atoms with Gasteiger partial charge < -0.3 is 14.8 Å². The summed E-state index contributed by atoms with van der Waals surface area (Å²) in [7, 11) is 2.71. The highest BCUT2D eigenvalue weighted by molar-refractivity contribution is 7.16. The van der Waals surface area contributed by atoms with Crippen molar-refractivity contribution in [2.24, 2.45) is 0 Å². The third-order valence-corrected chi connectivity index (χ3v) is 5.57.